The largest absolute Gasteiger partial charge is 0.378 e. The fourth-order valence-electron chi connectivity index (χ4n) is 3.24. The molecule has 0 saturated carbocycles. The summed E-state index contributed by atoms with van der Waals surface area (Å²) in [4.78, 5) is 9.04. The molecule has 0 bridgehead atoms. The molecule has 0 unspecified atom stereocenters. The van der Waals surface area contributed by atoms with Gasteiger partial charge in [-0.1, -0.05) is 12.1 Å². The third-order valence-electron chi connectivity index (χ3n) is 4.97. The molecule has 0 N–H and O–H groups in total. The Labute approximate surface area is 151 Å². The lowest BCUT2D eigenvalue weighted by Crippen LogP contribution is -2.42. The first-order valence-corrected chi connectivity index (χ1v) is 8.67. The average Bonchev–Trinajstić information content (AvgIpc) is 2.58. The molecule has 3 nitrogen and oxygen atoms in total. The molecular weight excluding hydrogens is 306 g/mol. The van der Waals surface area contributed by atoms with Crippen LogP contribution in [0.1, 0.15) is 31.9 Å². The summed E-state index contributed by atoms with van der Waals surface area (Å²) in [6.07, 6.45) is 4.27. The van der Waals surface area contributed by atoms with Gasteiger partial charge in [0.2, 0.25) is 0 Å². The van der Waals surface area contributed by atoms with Crippen LogP contribution in [0.4, 0.5) is 17.1 Å². The van der Waals surface area contributed by atoms with Gasteiger partial charge in [-0.3, -0.25) is 4.99 Å². The number of anilines is 2. The third kappa shape index (κ3) is 3.46. The van der Waals surface area contributed by atoms with E-state index in [0.29, 0.717) is 0 Å². The molecule has 0 spiro atoms. The first-order chi connectivity index (χ1) is 11.8. The van der Waals surface area contributed by atoms with Crippen molar-refractivity contribution in [3.05, 3.63) is 59.7 Å². The van der Waals surface area contributed by atoms with Crippen molar-refractivity contribution >= 4 is 28.8 Å². The Morgan fingerprint density at radius 3 is 2.36 bits per heavy atom. The summed E-state index contributed by atoms with van der Waals surface area (Å²) in [5.74, 6) is 0. The predicted molar refractivity (Wildman–Crippen MR) is 111 cm³/mol. The molecule has 0 fully saturated rings. The van der Waals surface area contributed by atoms with Crippen molar-refractivity contribution in [2.45, 2.75) is 26.3 Å². The molecule has 3 heteroatoms. The zero-order chi connectivity index (χ0) is 18.2. The fourth-order valence-corrected chi connectivity index (χ4v) is 3.24. The monoisotopic (exact) mass is 333 g/mol. The van der Waals surface area contributed by atoms with Gasteiger partial charge in [-0.05, 0) is 68.3 Å². The maximum absolute atomic E-state index is 4.62. The van der Waals surface area contributed by atoms with Crippen LogP contribution in [-0.4, -0.2) is 32.9 Å². The van der Waals surface area contributed by atoms with Crippen molar-refractivity contribution < 1.29 is 0 Å². The van der Waals surface area contributed by atoms with E-state index in [1.807, 2.05) is 32.4 Å². The molecule has 0 amide bonds. The molecule has 2 aromatic carbocycles. The van der Waals surface area contributed by atoms with Crippen molar-refractivity contribution in [1.82, 2.24) is 0 Å². The average molecular weight is 333 g/mol. The van der Waals surface area contributed by atoms with Crippen molar-refractivity contribution in [2.75, 3.05) is 30.9 Å². The molecule has 0 radical (unpaired) electrons. The van der Waals surface area contributed by atoms with E-state index in [9.17, 15) is 0 Å². The number of hydrogen-bond donors (Lipinski definition) is 0. The van der Waals surface area contributed by atoms with Gasteiger partial charge in [-0.2, -0.15) is 0 Å². The SMILES string of the molecule is CC1=CC(C)(C)N(C)c2ccc(C=Nc3ccc(N(C)C)cc3)cc21. The summed E-state index contributed by atoms with van der Waals surface area (Å²) in [6.45, 7) is 6.67. The smallest absolute Gasteiger partial charge is 0.0631 e. The van der Waals surface area contributed by atoms with Crippen LogP contribution in [-0.2, 0) is 0 Å². The number of allylic oxidation sites excluding steroid dienone is 1. The zero-order valence-electron chi connectivity index (χ0n) is 16.0. The second-order valence-corrected chi connectivity index (χ2v) is 7.49. The van der Waals surface area contributed by atoms with Crippen LogP contribution in [0.25, 0.3) is 5.57 Å². The highest BCUT2D eigenvalue weighted by Gasteiger charge is 2.28. The lowest BCUT2D eigenvalue weighted by atomic mass is 9.89. The molecular formula is C22H27N3. The van der Waals surface area contributed by atoms with E-state index >= 15 is 0 Å². The number of benzene rings is 2. The van der Waals surface area contributed by atoms with Crippen molar-refractivity contribution in [3.63, 3.8) is 0 Å². The second-order valence-electron chi connectivity index (χ2n) is 7.49. The molecule has 25 heavy (non-hydrogen) atoms. The highest BCUT2D eigenvalue weighted by Crippen LogP contribution is 2.37. The van der Waals surface area contributed by atoms with Crippen molar-refractivity contribution in [2.24, 2.45) is 4.99 Å². The van der Waals surface area contributed by atoms with Gasteiger partial charge in [0.25, 0.3) is 0 Å². The highest BCUT2D eigenvalue weighted by molar-refractivity contribution is 5.88. The van der Waals surface area contributed by atoms with Crippen molar-refractivity contribution in [3.8, 4) is 0 Å². The molecule has 0 atom stereocenters. The minimum atomic E-state index is 0.0425. The number of likely N-dealkylation sites (N-methyl/N-ethyl adjacent to an activating group) is 1. The van der Waals surface area contributed by atoms with E-state index in [0.717, 1.165) is 11.3 Å². The van der Waals surface area contributed by atoms with E-state index < -0.39 is 0 Å². The molecule has 0 aliphatic carbocycles. The Morgan fingerprint density at radius 2 is 1.72 bits per heavy atom. The molecule has 0 saturated heterocycles. The standard InChI is InChI=1S/C22H27N3/c1-16-14-22(2,3)25(6)21-12-7-17(13-20(16)21)15-23-18-8-10-19(11-9-18)24(4)5/h7-15H,1-6H3. The van der Waals surface area contributed by atoms with Gasteiger partial charge in [-0.15, -0.1) is 0 Å². The van der Waals surface area contributed by atoms with Crippen molar-refractivity contribution in [1.29, 1.82) is 0 Å². The van der Waals surface area contributed by atoms with E-state index in [-0.39, 0.29) is 5.54 Å². The summed E-state index contributed by atoms with van der Waals surface area (Å²) in [6, 6.07) is 14.8. The predicted octanol–water partition coefficient (Wildman–Crippen LogP) is 5.13. The van der Waals surface area contributed by atoms with E-state index in [4.69, 9.17) is 0 Å². The van der Waals surface area contributed by atoms with Gasteiger partial charge < -0.3 is 9.80 Å². The Hall–Kier alpha value is -2.55. The molecule has 1 aliphatic heterocycles. The molecule has 2 aromatic rings. The molecule has 1 aliphatic rings. The number of fused-ring (bicyclic) bond motifs is 1. The number of nitrogens with zero attached hydrogens (tertiary/aromatic N) is 3. The van der Waals surface area contributed by atoms with Crippen LogP contribution in [0.3, 0.4) is 0 Å². The van der Waals surface area contributed by atoms with Gasteiger partial charge in [0, 0.05) is 44.3 Å². The summed E-state index contributed by atoms with van der Waals surface area (Å²) in [5, 5.41) is 0. The number of rotatable bonds is 3. The highest BCUT2D eigenvalue weighted by atomic mass is 15.2. The number of hydrogen-bond acceptors (Lipinski definition) is 3. The zero-order valence-corrected chi connectivity index (χ0v) is 16.0. The van der Waals surface area contributed by atoms with Gasteiger partial charge >= 0.3 is 0 Å². The van der Waals surface area contributed by atoms with Gasteiger partial charge in [0.15, 0.2) is 0 Å². The van der Waals surface area contributed by atoms with E-state index in [1.165, 1.54) is 22.5 Å². The third-order valence-corrected chi connectivity index (χ3v) is 4.97. The Bertz CT molecular complexity index is 827. The van der Waals surface area contributed by atoms with Crippen LogP contribution in [0, 0.1) is 0 Å². The fraction of sp³-hybridized carbons (Fsp3) is 0.318. The summed E-state index contributed by atoms with van der Waals surface area (Å²) in [7, 11) is 6.24. The van der Waals surface area contributed by atoms with Crippen LogP contribution >= 0.6 is 0 Å². The lowest BCUT2D eigenvalue weighted by Gasteiger charge is -2.40. The maximum Gasteiger partial charge on any atom is 0.0631 e. The van der Waals surface area contributed by atoms with Gasteiger partial charge in [0.05, 0.1) is 11.2 Å². The van der Waals surface area contributed by atoms with Crippen LogP contribution in [0.5, 0.6) is 0 Å². The normalized spacial score (nSPS) is 15.9. The van der Waals surface area contributed by atoms with Crippen LogP contribution < -0.4 is 9.80 Å². The molecule has 3 rings (SSSR count). The summed E-state index contributed by atoms with van der Waals surface area (Å²) < 4.78 is 0. The minimum absolute atomic E-state index is 0.0425. The Kier molecular flexibility index (Phi) is 4.42. The summed E-state index contributed by atoms with van der Waals surface area (Å²) in [5.41, 5.74) is 7.19. The maximum atomic E-state index is 4.62. The Balaban J connectivity index is 1.87. The Morgan fingerprint density at radius 1 is 1.04 bits per heavy atom. The van der Waals surface area contributed by atoms with E-state index in [1.54, 1.807) is 0 Å². The minimum Gasteiger partial charge on any atom is -0.378 e. The molecule has 130 valence electrons. The summed E-state index contributed by atoms with van der Waals surface area (Å²) >= 11 is 0. The van der Waals surface area contributed by atoms with Crippen LogP contribution in [0.2, 0.25) is 0 Å². The first-order valence-electron chi connectivity index (χ1n) is 8.67. The van der Waals surface area contributed by atoms with Crippen LogP contribution in [0.15, 0.2) is 53.5 Å². The lowest BCUT2D eigenvalue weighted by molar-refractivity contribution is 0.598. The second kappa shape index (κ2) is 6.40. The van der Waals surface area contributed by atoms with Gasteiger partial charge in [-0.25, -0.2) is 0 Å². The molecule has 0 aromatic heterocycles. The van der Waals surface area contributed by atoms with Gasteiger partial charge in [0.1, 0.15) is 0 Å². The molecule has 1 heterocycles. The quantitative estimate of drug-likeness (QED) is 0.725. The first kappa shape index (κ1) is 17.3. The topological polar surface area (TPSA) is 18.8 Å². The number of aliphatic imine (C=N–C) groups is 1. The van der Waals surface area contributed by atoms with E-state index in [2.05, 4.69) is 79.0 Å².